The summed E-state index contributed by atoms with van der Waals surface area (Å²) in [4.78, 5) is 0. The van der Waals surface area contributed by atoms with Crippen molar-refractivity contribution >= 4 is 11.6 Å². The minimum absolute atomic E-state index is 0.182. The molecule has 0 bridgehead atoms. The number of alkyl halides is 3. The van der Waals surface area contributed by atoms with Crippen LogP contribution in [0.1, 0.15) is 11.1 Å². The van der Waals surface area contributed by atoms with Gasteiger partial charge in [0, 0.05) is 6.61 Å². The van der Waals surface area contributed by atoms with Gasteiger partial charge in [0.05, 0.1) is 10.6 Å². The van der Waals surface area contributed by atoms with Crippen LogP contribution in [0.3, 0.4) is 0 Å². The molecular formula is C9H8ClF3O. The Balaban J connectivity index is 3.09. The Bertz CT molecular complexity index is 322. The van der Waals surface area contributed by atoms with Gasteiger partial charge in [0.2, 0.25) is 0 Å². The molecule has 0 saturated carbocycles. The van der Waals surface area contributed by atoms with E-state index in [1.165, 1.54) is 12.1 Å². The first-order valence-electron chi connectivity index (χ1n) is 3.91. The van der Waals surface area contributed by atoms with Gasteiger partial charge in [-0.3, -0.25) is 0 Å². The topological polar surface area (TPSA) is 20.2 Å². The van der Waals surface area contributed by atoms with E-state index in [-0.39, 0.29) is 18.1 Å². The Kier molecular flexibility index (Phi) is 3.39. The molecule has 1 N–H and O–H groups in total. The maximum absolute atomic E-state index is 12.3. The fraction of sp³-hybridized carbons (Fsp3) is 0.333. The van der Waals surface area contributed by atoms with Gasteiger partial charge in [0.1, 0.15) is 0 Å². The monoisotopic (exact) mass is 224 g/mol. The van der Waals surface area contributed by atoms with Gasteiger partial charge in [0.15, 0.2) is 0 Å². The van der Waals surface area contributed by atoms with Crippen molar-refractivity contribution in [3.63, 3.8) is 0 Å². The van der Waals surface area contributed by atoms with Crippen molar-refractivity contribution in [3.8, 4) is 0 Å². The second-order valence-corrected chi connectivity index (χ2v) is 3.19. The molecule has 0 aliphatic heterocycles. The highest BCUT2D eigenvalue weighted by molar-refractivity contribution is 6.31. The Morgan fingerprint density at radius 1 is 1.29 bits per heavy atom. The molecule has 0 radical (unpaired) electrons. The van der Waals surface area contributed by atoms with Gasteiger partial charge in [-0.2, -0.15) is 13.2 Å². The Morgan fingerprint density at radius 3 is 2.43 bits per heavy atom. The van der Waals surface area contributed by atoms with Gasteiger partial charge in [-0.05, 0) is 24.1 Å². The molecule has 0 heterocycles. The van der Waals surface area contributed by atoms with Gasteiger partial charge in [-0.25, -0.2) is 0 Å². The molecule has 0 saturated heterocycles. The second-order valence-electron chi connectivity index (χ2n) is 2.79. The van der Waals surface area contributed by atoms with Crippen LogP contribution in [0.2, 0.25) is 5.02 Å². The predicted molar refractivity (Wildman–Crippen MR) is 47.2 cm³/mol. The lowest BCUT2D eigenvalue weighted by molar-refractivity contribution is -0.137. The Labute approximate surface area is 84.1 Å². The zero-order chi connectivity index (χ0) is 10.8. The first-order valence-corrected chi connectivity index (χ1v) is 4.29. The van der Waals surface area contributed by atoms with Gasteiger partial charge in [0.25, 0.3) is 0 Å². The van der Waals surface area contributed by atoms with Crippen molar-refractivity contribution in [1.82, 2.24) is 0 Å². The van der Waals surface area contributed by atoms with Crippen LogP contribution in [0.25, 0.3) is 0 Å². The van der Waals surface area contributed by atoms with Crippen LogP contribution in [-0.2, 0) is 12.6 Å². The number of hydrogen-bond acceptors (Lipinski definition) is 1. The molecule has 0 fully saturated rings. The fourth-order valence-corrected chi connectivity index (χ4v) is 1.30. The van der Waals surface area contributed by atoms with Crippen molar-refractivity contribution < 1.29 is 18.3 Å². The van der Waals surface area contributed by atoms with Gasteiger partial charge in [-0.15, -0.1) is 0 Å². The fourth-order valence-electron chi connectivity index (χ4n) is 1.07. The average molecular weight is 225 g/mol. The van der Waals surface area contributed by atoms with Crippen LogP contribution >= 0.6 is 11.6 Å². The lowest BCUT2D eigenvalue weighted by Crippen LogP contribution is -2.07. The number of aliphatic hydroxyl groups excluding tert-OH is 1. The number of hydrogen-bond donors (Lipinski definition) is 1. The number of halogens is 4. The number of aliphatic hydroxyl groups is 1. The summed E-state index contributed by atoms with van der Waals surface area (Å²) in [5.41, 5.74) is -0.436. The maximum Gasteiger partial charge on any atom is 0.417 e. The van der Waals surface area contributed by atoms with Crippen LogP contribution in [0.4, 0.5) is 13.2 Å². The lowest BCUT2D eigenvalue weighted by atomic mass is 10.1. The normalized spacial score (nSPS) is 11.8. The van der Waals surface area contributed by atoms with Crippen molar-refractivity contribution in [3.05, 3.63) is 34.3 Å². The third-order valence-electron chi connectivity index (χ3n) is 1.74. The highest BCUT2D eigenvalue weighted by atomic mass is 35.5. The van der Waals surface area contributed by atoms with Crippen LogP contribution in [0.5, 0.6) is 0 Å². The summed E-state index contributed by atoms with van der Waals surface area (Å²) >= 11 is 5.40. The predicted octanol–water partition coefficient (Wildman–Crippen LogP) is 2.89. The van der Waals surface area contributed by atoms with E-state index in [9.17, 15) is 13.2 Å². The molecule has 0 atom stereocenters. The smallest absolute Gasteiger partial charge is 0.396 e. The van der Waals surface area contributed by atoms with E-state index in [2.05, 4.69) is 0 Å². The van der Waals surface area contributed by atoms with Crippen molar-refractivity contribution in [2.75, 3.05) is 6.61 Å². The highest BCUT2D eigenvalue weighted by Crippen LogP contribution is 2.35. The van der Waals surface area contributed by atoms with Gasteiger partial charge >= 0.3 is 6.18 Å². The minimum atomic E-state index is -4.44. The van der Waals surface area contributed by atoms with Gasteiger partial charge < -0.3 is 5.11 Å². The van der Waals surface area contributed by atoms with Crippen LogP contribution < -0.4 is 0 Å². The number of benzene rings is 1. The number of rotatable bonds is 2. The summed E-state index contributed by atoms with van der Waals surface area (Å²) in [7, 11) is 0. The molecule has 78 valence electrons. The third-order valence-corrected chi connectivity index (χ3v) is 2.07. The summed E-state index contributed by atoms with van der Waals surface area (Å²) in [6.07, 6.45) is -4.25. The summed E-state index contributed by atoms with van der Waals surface area (Å²) in [6, 6.07) is 3.61. The molecule has 1 rings (SSSR count). The van der Waals surface area contributed by atoms with Crippen LogP contribution in [-0.4, -0.2) is 11.7 Å². The lowest BCUT2D eigenvalue weighted by Gasteiger charge is -2.10. The molecule has 5 heteroatoms. The average Bonchev–Trinajstić information content (AvgIpc) is 2.07. The largest absolute Gasteiger partial charge is 0.417 e. The second kappa shape index (κ2) is 4.19. The zero-order valence-electron chi connectivity index (χ0n) is 7.11. The van der Waals surface area contributed by atoms with Crippen LogP contribution in [0.15, 0.2) is 18.2 Å². The molecule has 1 aromatic carbocycles. The summed E-state index contributed by atoms with van der Waals surface area (Å²) in [5, 5.41) is 8.25. The van der Waals surface area contributed by atoms with E-state index in [4.69, 9.17) is 16.7 Å². The molecule has 0 aromatic heterocycles. The standard InChI is InChI=1S/C9H8ClF3O/c10-8-2-1-6(3-4-14)5-7(8)9(11,12)13/h1-2,5,14H,3-4H2. The molecule has 0 unspecified atom stereocenters. The Morgan fingerprint density at radius 2 is 1.93 bits per heavy atom. The molecule has 1 aromatic rings. The van der Waals surface area contributed by atoms with Crippen molar-refractivity contribution in [2.45, 2.75) is 12.6 Å². The molecule has 0 spiro atoms. The molecular weight excluding hydrogens is 217 g/mol. The SMILES string of the molecule is OCCc1ccc(Cl)c(C(F)(F)F)c1. The van der Waals surface area contributed by atoms with E-state index in [1.807, 2.05) is 0 Å². The van der Waals surface area contributed by atoms with Gasteiger partial charge in [-0.1, -0.05) is 17.7 Å². The highest BCUT2D eigenvalue weighted by Gasteiger charge is 2.33. The van der Waals surface area contributed by atoms with Crippen molar-refractivity contribution in [2.24, 2.45) is 0 Å². The van der Waals surface area contributed by atoms with E-state index in [1.54, 1.807) is 0 Å². The molecule has 1 nitrogen and oxygen atoms in total. The van der Waals surface area contributed by atoms with E-state index in [0.717, 1.165) is 6.07 Å². The van der Waals surface area contributed by atoms with Crippen LogP contribution in [0, 0.1) is 0 Å². The maximum atomic E-state index is 12.3. The van der Waals surface area contributed by atoms with E-state index < -0.39 is 11.7 Å². The third kappa shape index (κ3) is 2.62. The zero-order valence-corrected chi connectivity index (χ0v) is 7.86. The van der Waals surface area contributed by atoms with Crippen molar-refractivity contribution in [1.29, 1.82) is 0 Å². The molecule has 0 aliphatic rings. The molecule has 14 heavy (non-hydrogen) atoms. The summed E-state index contributed by atoms with van der Waals surface area (Å²) < 4.78 is 37.0. The minimum Gasteiger partial charge on any atom is -0.396 e. The first kappa shape index (κ1) is 11.3. The Hall–Kier alpha value is -0.740. The van der Waals surface area contributed by atoms with E-state index >= 15 is 0 Å². The summed E-state index contributed by atoms with van der Waals surface area (Å²) in [6.45, 7) is -0.182. The molecule has 0 amide bonds. The molecule has 0 aliphatic carbocycles. The summed E-state index contributed by atoms with van der Waals surface area (Å²) in [5.74, 6) is 0. The quantitative estimate of drug-likeness (QED) is 0.819. The van der Waals surface area contributed by atoms with E-state index in [0.29, 0.717) is 5.56 Å². The first-order chi connectivity index (χ1) is 6.45.